The van der Waals surface area contributed by atoms with Crippen LogP contribution in [0, 0.1) is 10.9 Å². The van der Waals surface area contributed by atoms with Gasteiger partial charge < -0.3 is 4.98 Å². The molecule has 0 spiro atoms. The third kappa shape index (κ3) is 5.15. The fourth-order valence-electron chi connectivity index (χ4n) is 1.78. The number of rotatable bonds is 5. The first-order valence-corrected chi connectivity index (χ1v) is 7.73. The number of carbonyl (C=O) groups is 1. The van der Waals surface area contributed by atoms with Crippen molar-refractivity contribution in [2.45, 2.75) is 26.1 Å². The van der Waals surface area contributed by atoms with E-state index in [0.29, 0.717) is 9.52 Å². The van der Waals surface area contributed by atoms with Crippen molar-refractivity contribution in [3.05, 3.63) is 49.9 Å². The summed E-state index contributed by atoms with van der Waals surface area (Å²) >= 11 is 6.29. The Morgan fingerprint density at radius 2 is 2.00 bits per heavy atom. The zero-order valence-corrected chi connectivity index (χ0v) is 13.6. The Morgan fingerprint density at radius 3 is 2.52 bits per heavy atom. The minimum Gasteiger partial charge on any atom is -0.341 e. The van der Waals surface area contributed by atoms with Crippen molar-refractivity contribution < 1.29 is 22.8 Å². The lowest BCUT2D eigenvalue weighted by Crippen LogP contribution is -2.25. The number of nitrogens with one attached hydrogen (secondary N) is 2. The number of amides is 1. The van der Waals surface area contributed by atoms with Crippen LogP contribution >= 0.6 is 23.6 Å². The molecule has 23 heavy (non-hydrogen) atoms. The first-order valence-electron chi connectivity index (χ1n) is 6.51. The second kappa shape index (κ2) is 7.24. The largest absolute Gasteiger partial charge is 0.416 e. The van der Waals surface area contributed by atoms with Crippen LogP contribution in [0.25, 0.3) is 0 Å². The highest BCUT2D eigenvalue weighted by Gasteiger charge is 2.29. The fourth-order valence-corrected chi connectivity index (χ4v) is 3.07. The number of aromatic nitrogens is 1. The predicted octanol–water partition coefficient (Wildman–Crippen LogP) is 3.92. The number of hydrogen-bond acceptors (Lipinski definition) is 4. The molecule has 0 saturated carbocycles. The minimum absolute atomic E-state index is 0.0221. The third-order valence-electron chi connectivity index (χ3n) is 2.95. The molecule has 2 N–H and O–H groups in total. The van der Waals surface area contributed by atoms with E-state index >= 15 is 0 Å². The molecule has 0 saturated heterocycles. The van der Waals surface area contributed by atoms with Gasteiger partial charge in [0, 0.05) is 10.6 Å². The first-order chi connectivity index (χ1) is 10.8. The van der Waals surface area contributed by atoms with E-state index in [2.05, 4.69) is 10.5 Å². The Hall–Kier alpha value is -1.71. The molecule has 0 radical (unpaired) electrons. The highest BCUT2D eigenvalue weighted by Crippen LogP contribution is 2.29. The quantitative estimate of drug-likeness (QED) is 0.626. The van der Waals surface area contributed by atoms with Crippen molar-refractivity contribution in [3.63, 3.8) is 0 Å². The maximum atomic E-state index is 12.4. The molecule has 1 amide bonds. The number of halogens is 3. The maximum absolute atomic E-state index is 12.4. The standard InChI is InChI=1S/C14H13F3N2O2S2/c1-8-11(23-13(22)18-8)6-12(20)19-21-7-9-2-4-10(5-3-9)14(15,16)17/h2-5H,6-7H2,1H3,(H,18,22)(H,19,20). The number of thiazole rings is 1. The summed E-state index contributed by atoms with van der Waals surface area (Å²) in [6.45, 7) is 1.80. The van der Waals surface area contributed by atoms with Crippen LogP contribution in [0.3, 0.4) is 0 Å². The molecule has 2 rings (SSSR count). The molecule has 124 valence electrons. The molecule has 1 aromatic heterocycles. The predicted molar refractivity (Wildman–Crippen MR) is 82.3 cm³/mol. The van der Waals surface area contributed by atoms with Gasteiger partial charge in [-0.1, -0.05) is 12.1 Å². The van der Waals surface area contributed by atoms with Crippen LogP contribution in [0.1, 0.15) is 21.7 Å². The van der Waals surface area contributed by atoms with Crippen molar-refractivity contribution in [1.29, 1.82) is 0 Å². The van der Waals surface area contributed by atoms with E-state index in [-0.39, 0.29) is 18.9 Å². The summed E-state index contributed by atoms with van der Waals surface area (Å²) in [5, 5.41) is 0. The number of benzene rings is 1. The van der Waals surface area contributed by atoms with Gasteiger partial charge in [0.2, 0.25) is 5.91 Å². The van der Waals surface area contributed by atoms with Crippen molar-refractivity contribution >= 4 is 29.5 Å². The van der Waals surface area contributed by atoms with Crippen LogP contribution < -0.4 is 5.48 Å². The minimum atomic E-state index is -4.37. The molecule has 0 aliphatic rings. The highest BCUT2D eigenvalue weighted by molar-refractivity contribution is 7.73. The number of carbonyl (C=O) groups excluding carboxylic acids is 1. The molecule has 0 unspecified atom stereocenters. The second-order valence-electron chi connectivity index (χ2n) is 4.75. The second-order valence-corrected chi connectivity index (χ2v) is 6.52. The number of alkyl halides is 3. The average molecular weight is 362 g/mol. The SMILES string of the molecule is Cc1[nH]c(=S)sc1CC(=O)NOCc1ccc(C(F)(F)F)cc1. The van der Waals surface area contributed by atoms with Gasteiger partial charge in [0.15, 0.2) is 3.95 Å². The summed E-state index contributed by atoms with van der Waals surface area (Å²) in [7, 11) is 0. The molecule has 0 atom stereocenters. The van der Waals surface area contributed by atoms with Gasteiger partial charge >= 0.3 is 6.18 Å². The smallest absolute Gasteiger partial charge is 0.341 e. The molecule has 0 aliphatic heterocycles. The van der Waals surface area contributed by atoms with Gasteiger partial charge in [-0.05, 0) is 36.8 Å². The Balaban J connectivity index is 1.81. The lowest BCUT2D eigenvalue weighted by atomic mass is 10.1. The van der Waals surface area contributed by atoms with E-state index < -0.39 is 11.7 Å². The molecule has 4 nitrogen and oxygen atoms in total. The number of hydroxylamine groups is 1. The van der Waals surface area contributed by atoms with Crippen LogP contribution in [0.5, 0.6) is 0 Å². The van der Waals surface area contributed by atoms with Gasteiger partial charge in [-0.3, -0.25) is 9.63 Å². The van der Waals surface area contributed by atoms with Gasteiger partial charge in [-0.25, -0.2) is 5.48 Å². The maximum Gasteiger partial charge on any atom is 0.416 e. The highest BCUT2D eigenvalue weighted by atomic mass is 32.1. The summed E-state index contributed by atoms with van der Waals surface area (Å²) in [4.78, 5) is 20.5. The van der Waals surface area contributed by atoms with Crippen molar-refractivity contribution in [1.82, 2.24) is 10.5 Å². The van der Waals surface area contributed by atoms with Crippen LogP contribution in [0.4, 0.5) is 13.2 Å². The summed E-state index contributed by atoms with van der Waals surface area (Å²) in [5.41, 5.74) is 2.88. The lowest BCUT2D eigenvalue weighted by Gasteiger charge is -2.08. The fraction of sp³-hybridized carbons (Fsp3) is 0.286. The van der Waals surface area contributed by atoms with Gasteiger partial charge in [0.25, 0.3) is 0 Å². The van der Waals surface area contributed by atoms with Gasteiger partial charge in [-0.2, -0.15) is 13.2 Å². The monoisotopic (exact) mass is 362 g/mol. The summed E-state index contributed by atoms with van der Waals surface area (Å²) in [6.07, 6.45) is -4.25. The average Bonchev–Trinajstić information content (AvgIpc) is 2.76. The van der Waals surface area contributed by atoms with Gasteiger partial charge in [0.1, 0.15) is 0 Å². The zero-order chi connectivity index (χ0) is 17.0. The molecule has 1 heterocycles. The normalized spacial score (nSPS) is 11.5. The van der Waals surface area contributed by atoms with E-state index in [1.165, 1.54) is 23.5 Å². The lowest BCUT2D eigenvalue weighted by molar-refractivity contribution is -0.137. The van der Waals surface area contributed by atoms with Crippen molar-refractivity contribution in [3.8, 4) is 0 Å². The Bertz CT molecular complexity index is 736. The Morgan fingerprint density at radius 1 is 1.35 bits per heavy atom. The van der Waals surface area contributed by atoms with E-state index in [4.69, 9.17) is 17.1 Å². The summed E-state index contributed by atoms with van der Waals surface area (Å²) < 4.78 is 37.9. The number of aryl methyl sites for hydroxylation is 1. The van der Waals surface area contributed by atoms with Crippen LogP contribution in [0.15, 0.2) is 24.3 Å². The molecule has 9 heteroatoms. The Labute approximate surface area is 139 Å². The van der Waals surface area contributed by atoms with E-state index in [9.17, 15) is 18.0 Å². The molecule has 1 aromatic carbocycles. The van der Waals surface area contributed by atoms with Crippen molar-refractivity contribution in [2.24, 2.45) is 0 Å². The third-order valence-corrected chi connectivity index (χ3v) is 4.29. The van der Waals surface area contributed by atoms with E-state index in [1.54, 1.807) is 0 Å². The van der Waals surface area contributed by atoms with Crippen LogP contribution in [-0.4, -0.2) is 10.9 Å². The molecule has 0 bridgehead atoms. The molecule has 0 fully saturated rings. The summed E-state index contributed by atoms with van der Waals surface area (Å²) in [6, 6.07) is 4.54. The topological polar surface area (TPSA) is 54.1 Å². The molecule has 2 aromatic rings. The number of H-pyrrole nitrogens is 1. The van der Waals surface area contributed by atoms with E-state index in [1.807, 2.05) is 6.92 Å². The number of aromatic amines is 1. The van der Waals surface area contributed by atoms with Crippen molar-refractivity contribution in [2.75, 3.05) is 0 Å². The van der Waals surface area contributed by atoms with Gasteiger partial charge in [-0.15, -0.1) is 11.3 Å². The van der Waals surface area contributed by atoms with E-state index in [0.717, 1.165) is 22.7 Å². The zero-order valence-electron chi connectivity index (χ0n) is 12.0. The van der Waals surface area contributed by atoms with Gasteiger partial charge in [0.05, 0.1) is 18.6 Å². The summed E-state index contributed by atoms with van der Waals surface area (Å²) in [5.74, 6) is -0.356. The first kappa shape index (κ1) is 17.6. The van der Waals surface area contributed by atoms with Crippen LogP contribution in [-0.2, 0) is 28.8 Å². The number of hydrogen-bond donors (Lipinski definition) is 2. The molecule has 0 aliphatic carbocycles. The molecular formula is C14H13F3N2O2S2. The van der Waals surface area contributed by atoms with Crippen LogP contribution in [0.2, 0.25) is 0 Å². The Kier molecular flexibility index (Phi) is 5.55. The molecular weight excluding hydrogens is 349 g/mol.